The Balaban J connectivity index is 0.000000852. The second-order valence-electron chi connectivity index (χ2n) is 14.4. The Morgan fingerprint density at radius 3 is 1.44 bits per heavy atom. The van der Waals surface area contributed by atoms with Gasteiger partial charge in [0.05, 0.1) is 26.4 Å². The van der Waals surface area contributed by atoms with E-state index < -0.39 is 0 Å². The van der Waals surface area contributed by atoms with Gasteiger partial charge in [0.25, 0.3) is 0 Å². The molecule has 0 aliphatic carbocycles. The molecule has 0 aromatic heterocycles. The minimum atomic E-state index is -0.178. The standard InChI is InChI=1S/C16H22O3.C13H18O3.C13H16O3.C7H12O2.C6H5IO/c1-3-12-19-15-10-7-9-14(13-15)8-5-6-11-16(17)18-4-2;2*1-2-16-13(15)9-4-3-6-11-7-5-8-12(14)10-11;1-3-5-6-7(8)9-4-2;7-5-2-1-3-6(8)4-5/h3,7,9-10,13H,1,4-6,8,11-12H2,2H3;5,7-8,10,14H,2-4,6,9H2,1H3;3,5-8,10,14H,2,4,9H2,1H3;3H,1,4-6H2,2H3;1-4,8H/b;;6-3+;;. The van der Waals surface area contributed by atoms with Gasteiger partial charge in [-0.2, -0.15) is 0 Å². The predicted octanol–water partition coefficient (Wildman–Crippen LogP) is 12.5. The van der Waals surface area contributed by atoms with Crippen LogP contribution in [-0.2, 0) is 51.0 Å². The highest BCUT2D eigenvalue weighted by Crippen LogP contribution is 2.17. The van der Waals surface area contributed by atoms with E-state index in [0.29, 0.717) is 83.1 Å². The fourth-order valence-corrected chi connectivity index (χ4v) is 6.06. The van der Waals surface area contributed by atoms with Crippen molar-refractivity contribution in [3.63, 3.8) is 0 Å². The van der Waals surface area contributed by atoms with E-state index in [2.05, 4.69) is 46.6 Å². The number of aryl methyl sites for hydroxylation is 2. The van der Waals surface area contributed by atoms with Crippen molar-refractivity contribution in [1.82, 2.24) is 0 Å². The van der Waals surface area contributed by atoms with Gasteiger partial charge in [-0.1, -0.05) is 73.3 Å². The van der Waals surface area contributed by atoms with Gasteiger partial charge in [-0.05, 0) is 173 Å². The third kappa shape index (κ3) is 37.1. The number of esters is 4. The van der Waals surface area contributed by atoms with Gasteiger partial charge in [-0.25, -0.2) is 0 Å². The minimum Gasteiger partial charge on any atom is -0.508 e. The summed E-state index contributed by atoms with van der Waals surface area (Å²) in [6.07, 6.45) is 15.8. The summed E-state index contributed by atoms with van der Waals surface area (Å²) in [4.78, 5) is 43.8. The second kappa shape index (κ2) is 42.3. The molecule has 4 aromatic carbocycles. The van der Waals surface area contributed by atoms with Gasteiger partial charge >= 0.3 is 23.9 Å². The maximum Gasteiger partial charge on any atom is 0.306 e. The van der Waals surface area contributed by atoms with E-state index in [1.54, 1.807) is 68.5 Å². The Hall–Kier alpha value is -6.09. The summed E-state index contributed by atoms with van der Waals surface area (Å²) in [5.41, 5.74) is 3.25. The topological polar surface area (TPSA) is 175 Å². The molecule has 4 rings (SSSR count). The van der Waals surface area contributed by atoms with Crippen molar-refractivity contribution in [2.24, 2.45) is 0 Å². The molecule has 0 spiro atoms. The van der Waals surface area contributed by atoms with Crippen LogP contribution >= 0.6 is 22.6 Å². The van der Waals surface area contributed by atoms with Crippen LogP contribution in [0.25, 0.3) is 6.08 Å². The van der Waals surface area contributed by atoms with Crippen molar-refractivity contribution in [3.8, 4) is 23.0 Å². The molecular weight excluding hydrogens is 979 g/mol. The van der Waals surface area contributed by atoms with Crippen molar-refractivity contribution in [3.05, 3.63) is 149 Å². The van der Waals surface area contributed by atoms with Crippen molar-refractivity contribution in [1.29, 1.82) is 0 Å². The van der Waals surface area contributed by atoms with E-state index in [9.17, 15) is 29.4 Å². The zero-order valence-corrected chi connectivity index (χ0v) is 42.5. The summed E-state index contributed by atoms with van der Waals surface area (Å²) in [7, 11) is 0. The maximum absolute atomic E-state index is 11.2. The molecule has 0 amide bonds. The highest BCUT2D eigenvalue weighted by atomic mass is 127. The first-order chi connectivity index (χ1) is 32.8. The first-order valence-electron chi connectivity index (χ1n) is 23.0. The van der Waals surface area contributed by atoms with Crippen LogP contribution in [0, 0.1) is 3.57 Å². The molecule has 0 unspecified atom stereocenters. The summed E-state index contributed by atoms with van der Waals surface area (Å²) >= 11 is 2.15. The normalized spacial score (nSPS) is 9.84. The zero-order valence-electron chi connectivity index (χ0n) is 40.4. The Kier molecular flexibility index (Phi) is 38.5. The fraction of sp³-hybridized carbons (Fsp3) is 0.382. The number of carbonyl (C=O) groups excluding carboxylic acids is 4. The summed E-state index contributed by atoms with van der Waals surface area (Å²) in [5, 5.41) is 27.3. The molecule has 0 aliphatic rings. The Morgan fingerprint density at radius 2 is 0.985 bits per heavy atom. The van der Waals surface area contributed by atoms with Crippen LogP contribution in [0.2, 0.25) is 0 Å². The number of aromatic hydroxyl groups is 3. The fourth-order valence-electron chi connectivity index (χ4n) is 5.53. The number of hydrogen-bond donors (Lipinski definition) is 3. The van der Waals surface area contributed by atoms with Gasteiger partial charge < -0.3 is 39.0 Å². The lowest BCUT2D eigenvalue weighted by Crippen LogP contribution is -2.03. The van der Waals surface area contributed by atoms with Gasteiger partial charge in [-0.15, -0.1) is 6.58 Å². The SMILES string of the molecule is C=CCCC(=O)OCC.C=CCOc1cccc(CCCCC(=O)OCC)c1.CCOC(=O)CC/C=C/c1cccc(O)c1.CCOC(=O)CCCCc1cccc(O)c1.Oc1cccc(I)c1. The second-order valence-corrected chi connectivity index (χ2v) is 15.6. The van der Waals surface area contributed by atoms with Crippen LogP contribution < -0.4 is 4.74 Å². The molecule has 12 nitrogen and oxygen atoms in total. The predicted molar refractivity (Wildman–Crippen MR) is 279 cm³/mol. The lowest BCUT2D eigenvalue weighted by molar-refractivity contribution is -0.144. The monoisotopic (exact) mass is 1050 g/mol. The molecule has 0 radical (unpaired) electrons. The third-order valence-electron chi connectivity index (χ3n) is 8.65. The van der Waals surface area contributed by atoms with Crippen molar-refractivity contribution >= 4 is 52.5 Å². The van der Waals surface area contributed by atoms with Crippen LogP contribution in [0.15, 0.2) is 128 Å². The van der Waals surface area contributed by atoms with Gasteiger partial charge in [0.1, 0.15) is 29.6 Å². The number of phenols is 3. The largest absolute Gasteiger partial charge is 0.508 e. The molecule has 0 bridgehead atoms. The van der Waals surface area contributed by atoms with Crippen LogP contribution in [0.4, 0.5) is 0 Å². The first kappa shape index (κ1) is 61.9. The van der Waals surface area contributed by atoms with E-state index in [-0.39, 0.29) is 29.6 Å². The number of unbranched alkanes of at least 4 members (excludes halogenated alkanes) is 2. The average molecular weight is 1050 g/mol. The number of hydrogen-bond acceptors (Lipinski definition) is 12. The van der Waals surface area contributed by atoms with Crippen LogP contribution in [0.5, 0.6) is 23.0 Å². The van der Waals surface area contributed by atoms with E-state index in [1.807, 2.05) is 74.5 Å². The molecule has 0 aliphatic heterocycles. The van der Waals surface area contributed by atoms with Crippen LogP contribution in [0.1, 0.15) is 109 Å². The highest BCUT2D eigenvalue weighted by molar-refractivity contribution is 14.1. The van der Waals surface area contributed by atoms with Crippen molar-refractivity contribution in [2.45, 2.75) is 105 Å². The van der Waals surface area contributed by atoms with Crippen molar-refractivity contribution < 1.29 is 58.2 Å². The average Bonchev–Trinajstić information content (AvgIpc) is 3.31. The van der Waals surface area contributed by atoms with Crippen molar-refractivity contribution in [2.75, 3.05) is 33.0 Å². The Bertz CT molecular complexity index is 2010. The lowest BCUT2D eigenvalue weighted by Gasteiger charge is -2.06. The molecule has 13 heteroatoms. The maximum atomic E-state index is 11.2. The molecule has 0 heterocycles. The number of phenolic OH excluding ortho intramolecular Hbond substituents is 3. The number of carbonyl (C=O) groups is 4. The summed E-state index contributed by atoms with van der Waals surface area (Å²) < 4.78 is 25.7. The number of allylic oxidation sites excluding steroid dienone is 2. The van der Waals surface area contributed by atoms with Gasteiger partial charge in [0.2, 0.25) is 0 Å². The van der Waals surface area contributed by atoms with E-state index in [1.165, 1.54) is 5.56 Å². The molecule has 0 saturated heterocycles. The minimum absolute atomic E-state index is 0.106. The van der Waals surface area contributed by atoms with Gasteiger partial charge in [-0.3, -0.25) is 19.2 Å². The molecule has 4 aromatic rings. The smallest absolute Gasteiger partial charge is 0.306 e. The Morgan fingerprint density at radius 1 is 0.529 bits per heavy atom. The highest BCUT2D eigenvalue weighted by Gasteiger charge is 2.04. The van der Waals surface area contributed by atoms with Crippen LogP contribution in [0.3, 0.4) is 0 Å². The van der Waals surface area contributed by atoms with Gasteiger partial charge in [0.15, 0.2) is 0 Å². The summed E-state index contributed by atoms with van der Waals surface area (Å²) in [6.45, 7) is 16.7. The van der Waals surface area contributed by atoms with E-state index >= 15 is 0 Å². The number of ether oxygens (including phenoxy) is 5. The molecule has 0 fully saturated rings. The number of halogens is 1. The molecule has 68 heavy (non-hydrogen) atoms. The number of rotatable bonds is 24. The quantitative estimate of drug-likeness (QED) is 0.0199. The Labute approximate surface area is 418 Å². The molecular formula is C55H73IO12. The van der Waals surface area contributed by atoms with E-state index in [0.717, 1.165) is 59.0 Å². The molecule has 3 N–H and O–H groups in total. The third-order valence-corrected chi connectivity index (χ3v) is 9.32. The lowest BCUT2D eigenvalue weighted by atomic mass is 10.1. The summed E-state index contributed by atoms with van der Waals surface area (Å²) in [6, 6.07) is 29.3. The summed E-state index contributed by atoms with van der Waals surface area (Å²) in [5.74, 6) is 1.18. The molecule has 0 saturated carbocycles. The van der Waals surface area contributed by atoms with Crippen LogP contribution in [-0.4, -0.2) is 72.2 Å². The van der Waals surface area contributed by atoms with Gasteiger partial charge in [0, 0.05) is 29.3 Å². The number of benzene rings is 4. The van der Waals surface area contributed by atoms with E-state index in [4.69, 9.17) is 24.1 Å². The molecule has 372 valence electrons. The first-order valence-corrected chi connectivity index (χ1v) is 24.1. The zero-order chi connectivity index (χ0) is 50.6. The molecule has 0 atom stereocenters.